The van der Waals surface area contributed by atoms with Gasteiger partial charge in [-0.3, -0.25) is 4.79 Å². The van der Waals surface area contributed by atoms with Crippen LogP contribution in [0.4, 0.5) is 13.2 Å². The van der Waals surface area contributed by atoms with Gasteiger partial charge in [0.05, 0.1) is 19.8 Å². The molecule has 0 saturated carbocycles. The summed E-state index contributed by atoms with van der Waals surface area (Å²) in [6, 6.07) is 6.10. The minimum absolute atomic E-state index is 0.173. The molecule has 7 heteroatoms. The van der Waals surface area contributed by atoms with Crippen molar-refractivity contribution in [2.45, 2.75) is 12.6 Å². The summed E-state index contributed by atoms with van der Waals surface area (Å²) < 4.78 is 54.6. The van der Waals surface area contributed by atoms with Crippen molar-refractivity contribution in [1.82, 2.24) is 0 Å². The Kier molecular flexibility index (Phi) is 3.87. The average molecular weight is 338 g/mol. The molecule has 0 aromatic heterocycles. The van der Waals surface area contributed by atoms with Crippen molar-refractivity contribution in [3.8, 4) is 23.0 Å². The summed E-state index contributed by atoms with van der Waals surface area (Å²) in [6.07, 6.45) is -4.70. The molecule has 24 heavy (non-hydrogen) atoms. The van der Waals surface area contributed by atoms with Gasteiger partial charge in [0.25, 0.3) is 0 Å². The third-order valence-corrected chi connectivity index (χ3v) is 3.73. The minimum atomic E-state index is -4.49. The van der Waals surface area contributed by atoms with E-state index < -0.39 is 11.7 Å². The molecule has 0 N–H and O–H groups in total. The Morgan fingerprint density at radius 2 is 1.79 bits per heavy atom. The number of ether oxygens (including phenoxy) is 3. The van der Waals surface area contributed by atoms with Gasteiger partial charge in [0.1, 0.15) is 28.6 Å². The fourth-order valence-electron chi connectivity index (χ4n) is 2.57. The molecular formula is C17H13F3O4. The van der Waals surface area contributed by atoms with E-state index in [9.17, 15) is 18.0 Å². The van der Waals surface area contributed by atoms with Gasteiger partial charge in [-0.05, 0) is 18.2 Å². The number of fused-ring (bicyclic) bond motifs is 2. The lowest BCUT2D eigenvalue weighted by atomic mass is 10.0. The maximum atomic E-state index is 12.9. The Bertz CT molecular complexity index is 812. The number of rotatable bonds is 2. The molecule has 0 bridgehead atoms. The normalized spacial score (nSPS) is 13.5. The summed E-state index contributed by atoms with van der Waals surface area (Å²) in [5, 5.41) is 0. The maximum absolute atomic E-state index is 12.9. The van der Waals surface area contributed by atoms with E-state index in [1.54, 1.807) is 0 Å². The van der Waals surface area contributed by atoms with Crippen LogP contribution in [0.3, 0.4) is 0 Å². The average Bonchev–Trinajstić information content (AvgIpc) is 2.67. The van der Waals surface area contributed by atoms with Crippen molar-refractivity contribution in [2.24, 2.45) is 0 Å². The topological polar surface area (TPSA) is 44.8 Å². The molecule has 1 aliphatic rings. The van der Waals surface area contributed by atoms with Crippen LogP contribution in [-0.2, 0) is 12.6 Å². The number of alkyl halides is 3. The second-order valence-corrected chi connectivity index (χ2v) is 5.23. The molecule has 0 unspecified atom stereocenters. The van der Waals surface area contributed by atoms with Gasteiger partial charge in [-0.25, -0.2) is 0 Å². The van der Waals surface area contributed by atoms with E-state index in [-0.39, 0.29) is 40.6 Å². The van der Waals surface area contributed by atoms with Gasteiger partial charge < -0.3 is 14.2 Å². The first-order valence-electron chi connectivity index (χ1n) is 7.00. The molecule has 2 aromatic rings. The highest BCUT2D eigenvalue weighted by Crippen LogP contribution is 2.42. The number of ketones is 1. The van der Waals surface area contributed by atoms with Crippen molar-refractivity contribution in [2.75, 3.05) is 14.2 Å². The summed E-state index contributed by atoms with van der Waals surface area (Å²) in [5.74, 6) is 0.662. The smallest absolute Gasteiger partial charge is 0.416 e. The zero-order valence-electron chi connectivity index (χ0n) is 12.9. The van der Waals surface area contributed by atoms with Crippen LogP contribution in [0.15, 0.2) is 30.3 Å². The molecule has 4 nitrogen and oxygen atoms in total. The molecule has 126 valence electrons. The molecule has 0 spiro atoms. The van der Waals surface area contributed by atoms with Gasteiger partial charge in [0, 0.05) is 24.1 Å². The number of hydrogen-bond donors (Lipinski definition) is 0. The summed E-state index contributed by atoms with van der Waals surface area (Å²) in [5.41, 5.74) is -0.469. The molecule has 0 amide bonds. The van der Waals surface area contributed by atoms with E-state index in [0.717, 1.165) is 12.1 Å². The monoisotopic (exact) mass is 338 g/mol. The summed E-state index contributed by atoms with van der Waals surface area (Å²) in [4.78, 5) is 12.5. The van der Waals surface area contributed by atoms with Gasteiger partial charge in [0.15, 0.2) is 5.78 Å². The van der Waals surface area contributed by atoms with Gasteiger partial charge in [-0.1, -0.05) is 0 Å². The molecule has 0 radical (unpaired) electrons. The lowest BCUT2D eigenvalue weighted by molar-refractivity contribution is -0.137. The second kappa shape index (κ2) is 5.74. The number of methoxy groups -OCH3 is 2. The Morgan fingerprint density at radius 1 is 1.04 bits per heavy atom. The Labute approximate surface area is 135 Å². The lowest BCUT2D eigenvalue weighted by Crippen LogP contribution is -2.07. The van der Waals surface area contributed by atoms with Crippen molar-refractivity contribution in [1.29, 1.82) is 0 Å². The van der Waals surface area contributed by atoms with E-state index in [1.807, 2.05) is 0 Å². The zero-order chi connectivity index (χ0) is 17.5. The first kappa shape index (κ1) is 16.2. The highest BCUT2D eigenvalue weighted by atomic mass is 19.4. The van der Waals surface area contributed by atoms with E-state index in [0.29, 0.717) is 5.75 Å². The minimum Gasteiger partial charge on any atom is -0.496 e. The number of hydrogen-bond acceptors (Lipinski definition) is 4. The predicted molar refractivity (Wildman–Crippen MR) is 79.1 cm³/mol. The van der Waals surface area contributed by atoms with Gasteiger partial charge in [0.2, 0.25) is 0 Å². The van der Waals surface area contributed by atoms with E-state index in [4.69, 9.17) is 14.2 Å². The van der Waals surface area contributed by atoms with Gasteiger partial charge >= 0.3 is 6.18 Å². The van der Waals surface area contributed by atoms with E-state index >= 15 is 0 Å². The first-order chi connectivity index (χ1) is 11.3. The molecule has 0 aliphatic carbocycles. The molecule has 2 aromatic carbocycles. The van der Waals surface area contributed by atoms with Crippen LogP contribution in [0.5, 0.6) is 23.0 Å². The van der Waals surface area contributed by atoms with E-state index in [2.05, 4.69) is 0 Å². The van der Waals surface area contributed by atoms with E-state index in [1.165, 1.54) is 32.4 Å². The Balaban J connectivity index is 2.13. The van der Waals surface area contributed by atoms with Crippen LogP contribution in [0.25, 0.3) is 0 Å². The third-order valence-electron chi connectivity index (χ3n) is 3.73. The summed E-state index contributed by atoms with van der Waals surface area (Å²) in [7, 11) is 2.84. The lowest BCUT2D eigenvalue weighted by Gasteiger charge is -2.13. The van der Waals surface area contributed by atoms with Crippen molar-refractivity contribution < 1.29 is 32.2 Å². The van der Waals surface area contributed by atoms with Gasteiger partial charge in [-0.2, -0.15) is 13.2 Å². The first-order valence-corrected chi connectivity index (χ1v) is 7.00. The van der Waals surface area contributed by atoms with Gasteiger partial charge in [-0.15, -0.1) is 0 Å². The van der Waals surface area contributed by atoms with Crippen molar-refractivity contribution >= 4 is 5.78 Å². The fraction of sp³-hybridized carbons (Fsp3) is 0.235. The zero-order valence-corrected chi connectivity index (χ0v) is 12.9. The van der Waals surface area contributed by atoms with Crippen molar-refractivity contribution in [3.05, 3.63) is 47.0 Å². The molecule has 0 fully saturated rings. The number of carbonyl (C=O) groups is 1. The van der Waals surface area contributed by atoms with Crippen molar-refractivity contribution in [3.63, 3.8) is 0 Å². The predicted octanol–water partition coefficient (Wildman–Crippen LogP) is 4.25. The molecule has 0 atom stereocenters. The largest absolute Gasteiger partial charge is 0.496 e. The quantitative estimate of drug-likeness (QED) is 0.821. The maximum Gasteiger partial charge on any atom is 0.416 e. The Hall–Kier alpha value is -2.70. The highest BCUT2D eigenvalue weighted by molar-refractivity contribution is 6.03. The van der Waals surface area contributed by atoms with Crippen LogP contribution in [0, 0.1) is 0 Å². The Morgan fingerprint density at radius 3 is 2.42 bits per heavy atom. The highest BCUT2D eigenvalue weighted by Gasteiger charge is 2.33. The van der Waals surface area contributed by atoms with Crippen LogP contribution < -0.4 is 14.2 Å². The summed E-state index contributed by atoms with van der Waals surface area (Å²) >= 11 is 0. The number of benzene rings is 2. The molecule has 3 rings (SSSR count). The summed E-state index contributed by atoms with van der Waals surface area (Å²) in [6.45, 7) is 0. The molecule has 1 heterocycles. The number of carbonyl (C=O) groups excluding carboxylic acids is 1. The third kappa shape index (κ3) is 2.77. The van der Waals surface area contributed by atoms with Crippen LogP contribution >= 0.6 is 0 Å². The fourth-order valence-corrected chi connectivity index (χ4v) is 2.57. The van der Waals surface area contributed by atoms with Crippen LogP contribution in [0.2, 0.25) is 0 Å². The second-order valence-electron chi connectivity index (χ2n) is 5.23. The van der Waals surface area contributed by atoms with Crippen LogP contribution in [-0.4, -0.2) is 20.0 Å². The standard InChI is InChI=1S/C17H13F3O4/c1-22-11-7-14(23-2)16-12(21)6-9-5-10(17(18,19)20)3-4-13(9)24-15(16)8-11/h3-5,7-8H,6H2,1-2H3. The SMILES string of the molecule is COc1cc(OC)c2c(c1)Oc1ccc(C(F)(F)F)cc1CC2=O. The molecule has 0 saturated heterocycles. The van der Waals surface area contributed by atoms with Crippen LogP contribution in [0.1, 0.15) is 21.5 Å². The molecule has 1 aliphatic heterocycles. The number of halogens is 3. The molecular weight excluding hydrogens is 325 g/mol. The number of Topliss-reactive ketones (excluding diaryl/α,β-unsaturated/α-hetero) is 1.